The van der Waals surface area contributed by atoms with E-state index in [1.807, 2.05) is 29.5 Å². The van der Waals surface area contributed by atoms with Gasteiger partial charge in [-0.2, -0.15) is 5.06 Å². The van der Waals surface area contributed by atoms with E-state index in [4.69, 9.17) is 4.84 Å². The molecule has 1 atom stereocenters. The van der Waals surface area contributed by atoms with E-state index < -0.39 is 0 Å². The van der Waals surface area contributed by atoms with Crippen molar-refractivity contribution in [1.29, 1.82) is 0 Å². The lowest BCUT2D eigenvalue weighted by molar-refractivity contribution is -0.128. The van der Waals surface area contributed by atoms with Crippen molar-refractivity contribution in [2.24, 2.45) is 0 Å². The van der Waals surface area contributed by atoms with Crippen molar-refractivity contribution in [2.45, 2.75) is 19.3 Å². The first-order valence-corrected chi connectivity index (χ1v) is 7.10. The number of nitrogens with zero attached hydrogens (tertiary/aromatic N) is 2. The molecule has 0 radical (unpaired) electrons. The van der Waals surface area contributed by atoms with E-state index in [0.717, 1.165) is 25.2 Å². The second-order valence-electron chi connectivity index (χ2n) is 4.71. The van der Waals surface area contributed by atoms with Gasteiger partial charge in [-0.3, -0.25) is 4.98 Å². The lowest BCUT2D eigenvalue weighted by atomic mass is 9.92. The maximum atomic E-state index is 5.33. The number of aromatic nitrogens is 1. The van der Waals surface area contributed by atoms with E-state index >= 15 is 0 Å². The first kappa shape index (κ1) is 14.7. The third-order valence-electron chi connectivity index (χ3n) is 3.52. The van der Waals surface area contributed by atoms with Gasteiger partial charge in [0.1, 0.15) is 0 Å². The zero-order valence-corrected chi connectivity index (χ0v) is 12.2. The second-order valence-corrected chi connectivity index (χ2v) is 4.71. The van der Waals surface area contributed by atoms with Crippen LogP contribution in [-0.2, 0) is 4.84 Å². The smallest absolute Gasteiger partial charge is 0.0575 e. The molecule has 0 fully saturated rings. The molecule has 0 amide bonds. The van der Waals surface area contributed by atoms with Gasteiger partial charge >= 0.3 is 0 Å². The van der Waals surface area contributed by atoms with Crippen molar-refractivity contribution >= 4 is 0 Å². The van der Waals surface area contributed by atoms with E-state index in [2.05, 4.69) is 42.2 Å². The highest BCUT2D eigenvalue weighted by Gasteiger charge is 2.16. The fourth-order valence-corrected chi connectivity index (χ4v) is 2.40. The molecular formula is C17H22N2O. The minimum Gasteiger partial charge on any atom is -0.302 e. The summed E-state index contributed by atoms with van der Waals surface area (Å²) in [6.45, 7) is 3.88. The molecule has 0 saturated heterocycles. The lowest BCUT2D eigenvalue weighted by Crippen LogP contribution is -2.24. The van der Waals surface area contributed by atoms with Gasteiger partial charge in [-0.1, -0.05) is 43.3 Å². The number of hydrogen-bond donors (Lipinski definition) is 0. The fourth-order valence-electron chi connectivity index (χ4n) is 2.40. The van der Waals surface area contributed by atoms with Gasteiger partial charge < -0.3 is 4.84 Å². The van der Waals surface area contributed by atoms with Crippen LogP contribution in [0.2, 0.25) is 0 Å². The minimum atomic E-state index is 0.307. The van der Waals surface area contributed by atoms with E-state index in [9.17, 15) is 0 Å². The average molecular weight is 270 g/mol. The molecule has 1 heterocycles. The maximum Gasteiger partial charge on any atom is 0.0575 e. The monoisotopic (exact) mass is 270 g/mol. The molecule has 0 spiro atoms. The largest absolute Gasteiger partial charge is 0.302 e. The van der Waals surface area contributed by atoms with Crippen LogP contribution in [0.25, 0.3) is 0 Å². The van der Waals surface area contributed by atoms with Gasteiger partial charge in [-0.05, 0) is 24.1 Å². The summed E-state index contributed by atoms with van der Waals surface area (Å²) < 4.78 is 0. The SMILES string of the molecule is CCN(CC[C@@H](c1ccccc1)c1ccccn1)OC. The summed E-state index contributed by atoms with van der Waals surface area (Å²) in [4.78, 5) is 9.86. The van der Waals surface area contributed by atoms with Crippen molar-refractivity contribution in [3.8, 4) is 0 Å². The zero-order chi connectivity index (χ0) is 14.2. The molecule has 2 rings (SSSR count). The Balaban J connectivity index is 2.17. The Bertz CT molecular complexity index is 443. The summed E-state index contributed by atoms with van der Waals surface area (Å²) in [7, 11) is 1.72. The van der Waals surface area contributed by atoms with Gasteiger partial charge in [0.25, 0.3) is 0 Å². The van der Waals surface area contributed by atoms with Gasteiger partial charge in [0.2, 0.25) is 0 Å². The topological polar surface area (TPSA) is 25.4 Å². The average Bonchev–Trinajstić information content (AvgIpc) is 2.53. The van der Waals surface area contributed by atoms with E-state index in [-0.39, 0.29) is 0 Å². The molecule has 1 aromatic heterocycles. The molecule has 0 bridgehead atoms. The molecular weight excluding hydrogens is 248 g/mol. The molecule has 0 saturated carbocycles. The number of hydroxylamine groups is 2. The summed E-state index contributed by atoms with van der Waals surface area (Å²) >= 11 is 0. The Morgan fingerprint density at radius 1 is 1.10 bits per heavy atom. The Morgan fingerprint density at radius 2 is 1.85 bits per heavy atom. The normalized spacial score (nSPS) is 12.6. The highest BCUT2D eigenvalue weighted by Crippen LogP contribution is 2.26. The standard InChI is InChI=1S/C17H22N2O/c1-3-19(20-2)14-12-16(15-9-5-4-6-10-15)17-11-7-8-13-18-17/h4-11,13,16H,3,12,14H2,1-2H3/t16-/m0/s1. The molecule has 1 aromatic carbocycles. The van der Waals surface area contributed by atoms with E-state index in [0.29, 0.717) is 5.92 Å². The van der Waals surface area contributed by atoms with Crippen molar-refractivity contribution in [3.05, 3.63) is 66.0 Å². The van der Waals surface area contributed by atoms with Crippen LogP contribution in [0.1, 0.15) is 30.5 Å². The van der Waals surface area contributed by atoms with Gasteiger partial charge in [0.05, 0.1) is 7.11 Å². The van der Waals surface area contributed by atoms with Crippen LogP contribution in [0.3, 0.4) is 0 Å². The number of hydrogen-bond acceptors (Lipinski definition) is 3. The molecule has 0 aliphatic heterocycles. The molecule has 20 heavy (non-hydrogen) atoms. The highest BCUT2D eigenvalue weighted by molar-refractivity contribution is 5.28. The van der Waals surface area contributed by atoms with E-state index in [1.165, 1.54) is 5.56 Å². The van der Waals surface area contributed by atoms with Crippen LogP contribution in [0, 0.1) is 0 Å². The molecule has 0 aliphatic rings. The first-order valence-electron chi connectivity index (χ1n) is 7.10. The maximum absolute atomic E-state index is 5.33. The molecule has 0 aliphatic carbocycles. The molecule has 106 valence electrons. The van der Waals surface area contributed by atoms with Gasteiger partial charge in [-0.15, -0.1) is 0 Å². The van der Waals surface area contributed by atoms with Crippen LogP contribution in [0.15, 0.2) is 54.7 Å². The summed E-state index contributed by atoms with van der Waals surface area (Å²) in [6.07, 6.45) is 2.85. The molecule has 2 aromatic rings. The first-order chi connectivity index (χ1) is 9.85. The van der Waals surface area contributed by atoms with E-state index in [1.54, 1.807) is 7.11 Å². The van der Waals surface area contributed by atoms with Crippen LogP contribution < -0.4 is 0 Å². The second kappa shape index (κ2) is 7.78. The molecule has 3 nitrogen and oxygen atoms in total. The lowest BCUT2D eigenvalue weighted by Gasteiger charge is -2.22. The quantitative estimate of drug-likeness (QED) is 0.720. The van der Waals surface area contributed by atoms with Crippen LogP contribution >= 0.6 is 0 Å². The predicted molar refractivity (Wildman–Crippen MR) is 81.4 cm³/mol. The van der Waals surface area contributed by atoms with Crippen molar-refractivity contribution < 1.29 is 4.84 Å². The van der Waals surface area contributed by atoms with Gasteiger partial charge in [-0.25, -0.2) is 0 Å². The van der Waals surface area contributed by atoms with Crippen molar-refractivity contribution in [3.63, 3.8) is 0 Å². The van der Waals surface area contributed by atoms with Gasteiger partial charge in [0.15, 0.2) is 0 Å². The van der Waals surface area contributed by atoms with Crippen molar-refractivity contribution in [1.82, 2.24) is 10.0 Å². The summed E-state index contributed by atoms with van der Waals surface area (Å²) in [6, 6.07) is 16.7. The van der Waals surface area contributed by atoms with Crippen LogP contribution in [0.4, 0.5) is 0 Å². The molecule has 3 heteroatoms. The summed E-state index contributed by atoms with van der Waals surface area (Å²) in [5.41, 5.74) is 2.42. The van der Waals surface area contributed by atoms with Crippen LogP contribution in [-0.4, -0.2) is 30.2 Å². The predicted octanol–water partition coefficient (Wildman–Crippen LogP) is 3.49. The van der Waals surface area contributed by atoms with Crippen molar-refractivity contribution in [2.75, 3.05) is 20.2 Å². The fraction of sp³-hybridized carbons (Fsp3) is 0.353. The Kier molecular flexibility index (Phi) is 5.71. The zero-order valence-electron chi connectivity index (χ0n) is 12.2. The number of rotatable bonds is 7. The summed E-state index contributed by atoms with van der Waals surface area (Å²) in [5, 5.41) is 1.97. The van der Waals surface area contributed by atoms with Crippen LogP contribution in [0.5, 0.6) is 0 Å². The number of benzene rings is 1. The minimum absolute atomic E-state index is 0.307. The Labute approximate surface area is 121 Å². The molecule has 0 unspecified atom stereocenters. The molecule has 0 N–H and O–H groups in total. The van der Waals surface area contributed by atoms with Gasteiger partial charge in [0, 0.05) is 30.9 Å². The third-order valence-corrected chi connectivity index (χ3v) is 3.52. The Hall–Kier alpha value is -1.71. The third kappa shape index (κ3) is 3.89. The summed E-state index contributed by atoms with van der Waals surface area (Å²) in [5.74, 6) is 0.307. The number of pyridine rings is 1. The highest BCUT2D eigenvalue weighted by atomic mass is 16.7. The Morgan fingerprint density at radius 3 is 2.45 bits per heavy atom.